The van der Waals surface area contributed by atoms with Gasteiger partial charge < -0.3 is 10.4 Å². The van der Waals surface area contributed by atoms with Crippen LogP contribution >= 0.6 is 12.6 Å². The molecule has 3 heteroatoms. The standard InChI is InChI=1S/C8H17NOS/c1-9-5-4-6-2-3-7(11)8(6)10/h6-11H,2-5H2,1H3/t6-,7+,8+/m1/s1. The van der Waals surface area contributed by atoms with Crippen molar-refractivity contribution in [1.82, 2.24) is 5.32 Å². The maximum Gasteiger partial charge on any atom is 0.0684 e. The van der Waals surface area contributed by atoms with Gasteiger partial charge in [-0.2, -0.15) is 12.6 Å². The van der Waals surface area contributed by atoms with Gasteiger partial charge in [0.05, 0.1) is 6.10 Å². The molecule has 0 radical (unpaired) electrons. The van der Waals surface area contributed by atoms with E-state index in [4.69, 9.17) is 0 Å². The Morgan fingerprint density at radius 3 is 2.73 bits per heavy atom. The first-order valence-corrected chi connectivity index (χ1v) is 4.78. The van der Waals surface area contributed by atoms with Crippen molar-refractivity contribution in [2.24, 2.45) is 5.92 Å². The van der Waals surface area contributed by atoms with Gasteiger partial charge in [-0.05, 0) is 38.8 Å². The fourth-order valence-electron chi connectivity index (χ4n) is 1.69. The monoisotopic (exact) mass is 175 g/mol. The van der Waals surface area contributed by atoms with Gasteiger partial charge in [-0.3, -0.25) is 0 Å². The van der Waals surface area contributed by atoms with E-state index < -0.39 is 0 Å². The Bertz CT molecular complexity index is 121. The average molecular weight is 175 g/mol. The Morgan fingerprint density at radius 1 is 1.55 bits per heavy atom. The lowest BCUT2D eigenvalue weighted by molar-refractivity contribution is 0.133. The summed E-state index contributed by atoms with van der Waals surface area (Å²) < 4.78 is 0. The Morgan fingerprint density at radius 2 is 2.27 bits per heavy atom. The summed E-state index contributed by atoms with van der Waals surface area (Å²) in [7, 11) is 1.94. The smallest absolute Gasteiger partial charge is 0.0684 e. The molecule has 0 spiro atoms. The van der Waals surface area contributed by atoms with Crippen LogP contribution in [0.4, 0.5) is 0 Å². The number of aliphatic hydroxyl groups is 1. The normalized spacial score (nSPS) is 37.9. The van der Waals surface area contributed by atoms with E-state index in [1.54, 1.807) is 0 Å². The Labute approximate surface area is 73.8 Å². The van der Waals surface area contributed by atoms with Crippen molar-refractivity contribution in [3.63, 3.8) is 0 Å². The highest BCUT2D eigenvalue weighted by atomic mass is 32.1. The van der Waals surface area contributed by atoms with Crippen LogP contribution in [0.1, 0.15) is 19.3 Å². The summed E-state index contributed by atoms with van der Waals surface area (Å²) in [5.74, 6) is 0.477. The van der Waals surface area contributed by atoms with Gasteiger partial charge in [0.25, 0.3) is 0 Å². The Balaban J connectivity index is 2.24. The molecule has 66 valence electrons. The molecule has 1 saturated carbocycles. The minimum atomic E-state index is -0.174. The van der Waals surface area contributed by atoms with Gasteiger partial charge in [-0.25, -0.2) is 0 Å². The van der Waals surface area contributed by atoms with Crippen LogP contribution in [0, 0.1) is 5.92 Å². The van der Waals surface area contributed by atoms with E-state index in [1.807, 2.05) is 7.05 Å². The summed E-state index contributed by atoms with van der Waals surface area (Å²) in [6, 6.07) is 0. The van der Waals surface area contributed by atoms with Crippen molar-refractivity contribution >= 4 is 12.6 Å². The van der Waals surface area contributed by atoms with Gasteiger partial charge in [-0.1, -0.05) is 0 Å². The first-order chi connectivity index (χ1) is 5.25. The summed E-state index contributed by atoms with van der Waals surface area (Å²) >= 11 is 4.30. The molecular formula is C8H17NOS. The van der Waals surface area contributed by atoms with Crippen molar-refractivity contribution in [2.45, 2.75) is 30.6 Å². The van der Waals surface area contributed by atoms with Crippen LogP contribution in [0.5, 0.6) is 0 Å². The van der Waals surface area contributed by atoms with Gasteiger partial charge in [-0.15, -0.1) is 0 Å². The van der Waals surface area contributed by atoms with Crippen molar-refractivity contribution in [3.8, 4) is 0 Å². The highest BCUT2D eigenvalue weighted by molar-refractivity contribution is 7.81. The molecule has 0 aromatic carbocycles. The number of nitrogens with one attached hydrogen (secondary N) is 1. The molecule has 0 unspecified atom stereocenters. The molecule has 0 heterocycles. The Hall–Kier alpha value is 0.270. The molecule has 0 amide bonds. The lowest BCUT2D eigenvalue weighted by Crippen LogP contribution is -2.24. The first kappa shape index (κ1) is 9.36. The lowest BCUT2D eigenvalue weighted by atomic mass is 10.0. The van der Waals surface area contributed by atoms with Crippen LogP contribution in [0.3, 0.4) is 0 Å². The summed E-state index contributed by atoms with van der Waals surface area (Å²) in [6.45, 7) is 1.00. The van der Waals surface area contributed by atoms with Crippen molar-refractivity contribution in [1.29, 1.82) is 0 Å². The maximum atomic E-state index is 9.58. The molecule has 0 saturated heterocycles. The molecular weight excluding hydrogens is 158 g/mol. The molecule has 1 aliphatic rings. The molecule has 2 nitrogen and oxygen atoms in total. The predicted octanol–water partition coefficient (Wildman–Crippen LogP) is 0.665. The van der Waals surface area contributed by atoms with Gasteiger partial charge in [0, 0.05) is 5.25 Å². The summed E-state index contributed by atoms with van der Waals surface area (Å²) in [5.41, 5.74) is 0. The van der Waals surface area contributed by atoms with E-state index in [2.05, 4.69) is 17.9 Å². The zero-order valence-electron chi connectivity index (χ0n) is 6.95. The largest absolute Gasteiger partial charge is 0.392 e. The zero-order valence-corrected chi connectivity index (χ0v) is 7.85. The van der Waals surface area contributed by atoms with Gasteiger partial charge in [0.2, 0.25) is 0 Å². The second-order valence-electron chi connectivity index (χ2n) is 3.29. The average Bonchev–Trinajstić information content (AvgIpc) is 2.31. The van der Waals surface area contributed by atoms with E-state index in [1.165, 1.54) is 0 Å². The van der Waals surface area contributed by atoms with Crippen LogP contribution in [-0.4, -0.2) is 30.1 Å². The van der Waals surface area contributed by atoms with Crippen LogP contribution < -0.4 is 5.32 Å². The lowest BCUT2D eigenvalue weighted by Gasteiger charge is -2.15. The maximum absolute atomic E-state index is 9.58. The summed E-state index contributed by atoms with van der Waals surface area (Å²) in [6.07, 6.45) is 3.11. The third-order valence-corrected chi connectivity index (χ3v) is 3.04. The number of thiol groups is 1. The zero-order chi connectivity index (χ0) is 8.27. The number of rotatable bonds is 3. The topological polar surface area (TPSA) is 32.3 Å². The van der Waals surface area contributed by atoms with Crippen molar-refractivity contribution in [3.05, 3.63) is 0 Å². The fourth-order valence-corrected chi connectivity index (χ4v) is 2.08. The van der Waals surface area contributed by atoms with Gasteiger partial charge in [0.1, 0.15) is 0 Å². The van der Waals surface area contributed by atoms with Crippen LogP contribution in [0.15, 0.2) is 0 Å². The van der Waals surface area contributed by atoms with E-state index in [0.717, 1.165) is 25.8 Å². The third-order valence-electron chi connectivity index (χ3n) is 2.48. The third kappa shape index (κ3) is 2.36. The Kier molecular flexibility index (Phi) is 3.69. The molecule has 1 rings (SSSR count). The van der Waals surface area contributed by atoms with E-state index in [0.29, 0.717) is 5.92 Å². The number of hydrogen-bond acceptors (Lipinski definition) is 3. The minimum absolute atomic E-state index is 0.174. The SMILES string of the molecule is CNCC[C@H]1CC[C@H](S)[C@H]1O. The molecule has 1 aliphatic carbocycles. The second-order valence-corrected chi connectivity index (χ2v) is 3.95. The number of aliphatic hydroxyl groups excluding tert-OH is 1. The molecule has 0 aromatic rings. The summed E-state index contributed by atoms with van der Waals surface area (Å²) in [5, 5.41) is 12.9. The van der Waals surface area contributed by atoms with Gasteiger partial charge >= 0.3 is 0 Å². The van der Waals surface area contributed by atoms with Crippen LogP contribution in [0.2, 0.25) is 0 Å². The van der Waals surface area contributed by atoms with Crippen molar-refractivity contribution < 1.29 is 5.11 Å². The quantitative estimate of drug-likeness (QED) is 0.551. The van der Waals surface area contributed by atoms with Crippen molar-refractivity contribution in [2.75, 3.05) is 13.6 Å². The molecule has 3 atom stereocenters. The van der Waals surface area contributed by atoms with Crippen LogP contribution in [0.25, 0.3) is 0 Å². The first-order valence-electron chi connectivity index (χ1n) is 4.26. The molecule has 11 heavy (non-hydrogen) atoms. The predicted molar refractivity (Wildman–Crippen MR) is 50.0 cm³/mol. The van der Waals surface area contributed by atoms with E-state index in [9.17, 15) is 5.11 Å². The molecule has 2 N–H and O–H groups in total. The fraction of sp³-hybridized carbons (Fsp3) is 1.00. The molecule has 0 bridgehead atoms. The highest BCUT2D eigenvalue weighted by Gasteiger charge is 2.31. The van der Waals surface area contributed by atoms with Gasteiger partial charge in [0.15, 0.2) is 0 Å². The molecule has 1 fully saturated rings. The highest BCUT2D eigenvalue weighted by Crippen LogP contribution is 2.31. The van der Waals surface area contributed by atoms with Crippen LogP contribution in [-0.2, 0) is 0 Å². The number of hydrogen-bond donors (Lipinski definition) is 3. The van der Waals surface area contributed by atoms with E-state index in [-0.39, 0.29) is 11.4 Å². The molecule has 0 aliphatic heterocycles. The molecule has 0 aromatic heterocycles. The van der Waals surface area contributed by atoms with E-state index >= 15 is 0 Å². The summed E-state index contributed by atoms with van der Waals surface area (Å²) in [4.78, 5) is 0. The minimum Gasteiger partial charge on any atom is -0.392 e. The second kappa shape index (κ2) is 4.33.